The van der Waals surface area contributed by atoms with Crippen LogP contribution in [0.3, 0.4) is 0 Å². The van der Waals surface area contributed by atoms with Gasteiger partial charge in [0.1, 0.15) is 0 Å². The van der Waals surface area contributed by atoms with E-state index in [1.54, 1.807) is 0 Å². The van der Waals surface area contributed by atoms with Crippen molar-refractivity contribution >= 4 is 11.8 Å². The fourth-order valence-corrected chi connectivity index (χ4v) is 3.03. The molecule has 0 fully saturated rings. The summed E-state index contributed by atoms with van der Waals surface area (Å²) >= 11 is 0. The van der Waals surface area contributed by atoms with Crippen LogP contribution in [0.4, 0.5) is 0 Å². The van der Waals surface area contributed by atoms with Gasteiger partial charge in [-0.2, -0.15) is 0 Å². The molecule has 2 aromatic carbocycles. The topological polar surface area (TPSA) is 49.4 Å². The minimum atomic E-state index is -0.563. The average Bonchev–Trinajstić information content (AvgIpc) is 2.58. The summed E-state index contributed by atoms with van der Waals surface area (Å²) in [4.78, 5) is 25.8. The number of hydrogen-bond acceptors (Lipinski definition) is 2. The lowest BCUT2D eigenvalue weighted by Crippen LogP contribution is -2.55. The summed E-state index contributed by atoms with van der Waals surface area (Å²) in [6.07, 6.45) is 2.05. The normalized spacial score (nSPS) is 11.2. The van der Waals surface area contributed by atoms with E-state index in [1.807, 2.05) is 77.1 Å². The van der Waals surface area contributed by atoms with E-state index < -0.39 is 5.54 Å². The molecule has 0 saturated carbocycles. The van der Waals surface area contributed by atoms with Gasteiger partial charge in [-0.1, -0.05) is 42.7 Å². The highest BCUT2D eigenvalue weighted by Crippen LogP contribution is 2.18. The Morgan fingerprint density at radius 1 is 0.926 bits per heavy atom. The first-order valence-corrected chi connectivity index (χ1v) is 9.44. The number of benzene rings is 2. The van der Waals surface area contributed by atoms with Gasteiger partial charge in [0.2, 0.25) is 0 Å². The lowest BCUT2D eigenvalue weighted by Gasteiger charge is -2.35. The number of amides is 2. The maximum absolute atomic E-state index is 13.1. The first-order chi connectivity index (χ1) is 12.6. The molecule has 0 heterocycles. The van der Waals surface area contributed by atoms with Crippen LogP contribution in [0.5, 0.6) is 0 Å². The lowest BCUT2D eigenvalue weighted by molar-refractivity contribution is 0.0358. The molecule has 2 aromatic rings. The summed E-state index contributed by atoms with van der Waals surface area (Å²) in [5, 5.41) is 1.42. The third-order valence-corrected chi connectivity index (χ3v) is 4.31. The number of nitrogens with one attached hydrogen (secondary N) is 1. The zero-order chi connectivity index (χ0) is 20.2. The number of hydrazine groups is 1. The summed E-state index contributed by atoms with van der Waals surface area (Å²) < 4.78 is 0. The second-order valence-electron chi connectivity index (χ2n) is 8.08. The van der Waals surface area contributed by atoms with E-state index in [2.05, 4.69) is 12.3 Å². The molecule has 0 aromatic heterocycles. The van der Waals surface area contributed by atoms with Crippen molar-refractivity contribution in [2.75, 3.05) is 0 Å². The Balaban J connectivity index is 2.26. The minimum Gasteiger partial charge on any atom is -0.267 e. The Labute approximate surface area is 162 Å². The molecule has 0 bridgehead atoms. The van der Waals surface area contributed by atoms with Crippen molar-refractivity contribution in [3.05, 3.63) is 70.3 Å². The lowest BCUT2D eigenvalue weighted by atomic mass is 10.0. The second kappa shape index (κ2) is 8.38. The smallest absolute Gasteiger partial charge is 0.267 e. The zero-order valence-electron chi connectivity index (χ0n) is 17.2. The maximum atomic E-state index is 13.1. The van der Waals surface area contributed by atoms with Gasteiger partial charge < -0.3 is 0 Å². The van der Waals surface area contributed by atoms with Gasteiger partial charge >= 0.3 is 0 Å². The third-order valence-electron chi connectivity index (χ3n) is 4.31. The molecular weight excluding hydrogens is 336 g/mol. The molecule has 144 valence electrons. The summed E-state index contributed by atoms with van der Waals surface area (Å²) in [5.41, 5.74) is 6.59. The molecule has 0 aliphatic heterocycles. The first-order valence-electron chi connectivity index (χ1n) is 9.44. The van der Waals surface area contributed by atoms with Crippen LogP contribution in [0, 0.1) is 13.8 Å². The van der Waals surface area contributed by atoms with Gasteiger partial charge in [0.15, 0.2) is 0 Å². The number of carbonyl (C=O) groups excluding carboxylic acids is 2. The molecule has 0 atom stereocenters. The number of rotatable bonds is 4. The van der Waals surface area contributed by atoms with Crippen molar-refractivity contribution in [1.29, 1.82) is 0 Å². The Kier molecular flexibility index (Phi) is 6.42. The summed E-state index contributed by atoms with van der Waals surface area (Å²) in [6, 6.07) is 13.3. The standard InChI is InChI=1S/C23H30N2O2/c1-7-8-18-9-11-19(12-10-18)21(26)24-25(23(4,5)6)22(27)20-14-16(2)13-17(3)15-20/h9-15H,7-8H2,1-6H3,(H,24,26). The third kappa shape index (κ3) is 5.43. The molecule has 2 amide bonds. The van der Waals surface area contributed by atoms with E-state index in [4.69, 9.17) is 0 Å². The monoisotopic (exact) mass is 366 g/mol. The van der Waals surface area contributed by atoms with Gasteiger partial charge in [-0.3, -0.25) is 15.0 Å². The van der Waals surface area contributed by atoms with Crippen LogP contribution in [0.15, 0.2) is 42.5 Å². The molecule has 0 aliphatic carbocycles. The Morgan fingerprint density at radius 2 is 1.48 bits per heavy atom. The highest BCUT2D eigenvalue weighted by Gasteiger charge is 2.29. The molecule has 0 unspecified atom stereocenters. The molecule has 27 heavy (non-hydrogen) atoms. The number of hydrogen-bond donors (Lipinski definition) is 1. The first kappa shape index (κ1) is 20.7. The van der Waals surface area contributed by atoms with Crippen LogP contribution in [0.1, 0.15) is 71.5 Å². The zero-order valence-corrected chi connectivity index (χ0v) is 17.2. The summed E-state index contributed by atoms with van der Waals surface area (Å²) in [7, 11) is 0. The highest BCUT2D eigenvalue weighted by molar-refractivity contribution is 5.99. The van der Waals surface area contributed by atoms with Crippen molar-refractivity contribution in [3.63, 3.8) is 0 Å². The largest absolute Gasteiger partial charge is 0.272 e. The number of nitrogens with zero attached hydrogens (tertiary/aromatic N) is 1. The van der Waals surface area contributed by atoms with Crippen molar-refractivity contribution in [2.45, 2.75) is 59.9 Å². The van der Waals surface area contributed by atoms with Gasteiger partial charge in [0.05, 0.1) is 5.54 Å². The highest BCUT2D eigenvalue weighted by atomic mass is 16.2. The number of aryl methyl sites for hydroxylation is 3. The van der Waals surface area contributed by atoms with Crippen LogP contribution in [0.25, 0.3) is 0 Å². The van der Waals surface area contributed by atoms with E-state index in [0.717, 1.165) is 24.0 Å². The Hall–Kier alpha value is -2.62. The van der Waals surface area contributed by atoms with E-state index >= 15 is 0 Å². The van der Waals surface area contributed by atoms with Gasteiger partial charge in [-0.25, -0.2) is 5.01 Å². The molecule has 0 spiro atoms. The molecule has 1 N–H and O–H groups in total. The fourth-order valence-electron chi connectivity index (χ4n) is 3.03. The van der Waals surface area contributed by atoms with Crippen LogP contribution in [0.2, 0.25) is 0 Å². The van der Waals surface area contributed by atoms with Crippen LogP contribution < -0.4 is 5.43 Å². The van der Waals surface area contributed by atoms with Crippen molar-refractivity contribution in [1.82, 2.24) is 10.4 Å². The molecule has 4 nitrogen and oxygen atoms in total. The van der Waals surface area contributed by atoms with E-state index in [-0.39, 0.29) is 11.8 Å². The van der Waals surface area contributed by atoms with Crippen LogP contribution in [-0.4, -0.2) is 22.4 Å². The van der Waals surface area contributed by atoms with E-state index in [1.165, 1.54) is 10.6 Å². The summed E-state index contributed by atoms with van der Waals surface area (Å²) in [5.74, 6) is -0.504. The molecule has 4 heteroatoms. The van der Waals surface area contributed by atoms with E-state index in [9.17, 15) is 9.59 Å². The van der Waals surface area contributed by atoms with Crippen molar-refractivity contribution < 1.29 is 9.59 Å². The minimum absolute atomic E-state index is 0.217. The van der Waals surface area contributed by atoms with Gasteiger partial charge in [0, 0.05) is 11.1 Å². The van der Waals surface area contributed by atoms with E-state index in [0.29, 0.717) is 11.1 Å². The van der Waals surface area contributed by atoms with Crippen molar-refractivity contribution in [2.24, 2.45) is 0 Å². The maximum Gasteiger partial charge on any atom is 0.272 e. The van der Waals surface area contributed by atoms with Gasteiger partial charge in [-0.15, -0.1) is 0 Å². The van der Waals surface area contributed by atoms with Crippen LogP contribution >= 0.6 is 0 Å². The Morgan fingerprint density at radius 3 is 1.96 bits per heavy atom. The fraction of sp³-hybridized carbons (Fsp3) is 0.391. The van der Waals surface area contributed by atoms with Crippen LogP contribution in [-0.2, 0) is 6.42 Å². The van der Waals surface area contributed by atoms with Gasteiger partial charge in [0.25, 0.3) is 11.8 Å². The number of carbonyl (C=O) groups is 2. The quantitative estimate of drug-likeness (QED) is 0.787. The predicted molar refractivity (Wildman–Crippen MR) is 110 cm³/mol. The van der Waals surface area contributed by atoms with Crippen molar-refractivity contribution in [3.8, 4) is 0 Å². The molecular formula is C23H30N2O2. The average molecular weight is 367 g/mol. The predicted octanol–water partition coefficient (Wildman–Crippen LogP) is 4.84. The Bertz CT molecular complexity index is 797. The molecule has 0 radical (unpaired) electrons. The molecule has 0 aliphatic rings. The summed E-state index contributed by atoms with van der Waals surface area (Å²) in [6.45, 7) is 11.7. The van der Waals surface area contributed by atoms with Gasteiger partial charge in [-0.05, 0) is 70.9 Å². The molecule has 0 saturated heterocycles. The second-order valence-corrected chi connectivity index (χ2v) is 8.08. The molecule has 2 rings (SSSR count). The SMILES string of the molecule is CCCc1ccc(C(=O)NN(C(=O)c2cc(C)cc(C)c2)C(C)(C)C)cc1.